The fourth-order valence-electron chi connectivity index (χ4n) is 4.19. The van der Waals surface area contributed by atoms with Crippen LogP contribution in [0.3, 0.4) is 0 Å². The number of carbonyl (C=O) groups is 1. The first-order chi connectivity index (χ1) is 17.5. The van der Waals surface area contributed by atoms with E-state index in [2.05, 4.69) is 26.3 Å². The smallest absolute Gasteiger partial charge is 0.251 e. The molecule has 0 spiro atoms. The van der Waals surface area contributed by atoms with Crippen LogP contribution in [-0.4, -0.2) is 28.6 Å². The first kappa shape index (κ1) is 23.2. The van der Waals surface area contributed by atoms with Gasteiger partial charge in [0.25, 0.3) is 5.91 Å². The number of nitriles is 1. The minimum atomic E-state index is -0.195. The van der Waals surface area contributed by atoms with E-state index in [0.717, 1.165) is 27.7 Å². The van der Waals surface area contributed by atoms with Gasteiger partial charge in [-0.3, -0.25) is 14.8 Å². The number of aliphatic imine (C=N–C) groups is 1. The number of fused-ring (bicyclic) bond motifs is 3. The van der Waals surface area contributed by atoms with E-state index in [0.29, 0.717) is 52.6 Å². The summed E-state index contributed by atoms with van der Waals surface area (Å²) >= 11 is 6.09. The highest BCUT2D eigenvalue weighted by molar-refractivity contribution is 6.31. The van der Waals surface area contributed by atoms with Gasteiger partial charge in [-0.2, -0.15) is 5.26 Å². The molecule has 7 nitrogen and oxygen atoms in total. The molecule has 2 aromatic heterocycles. The summed E-state index contributed by atoms with van der Waals surface area (Å²) in [7, 11) is 0. The highest BCUT2D eigenvalue weighted by atomic mass is 35.5. The largest absolute Gasteiger partial charge is 0.383 e. The van der Waals surface area contributed by atoms with Crippen LogP contribution >= 0.6 is 11.6 Å². The van der Waals surface area contributed by atoms with Crippen molar-refractivity contribution in [3.63, 3.8) is 0 Å². The molecule has 176 valence electrons. The van der Waals surface area contributed by atoms with Gasteiger partial charge in [0.1, 0.15) is 11.9 Å². The maximum atomic E-state index is 12.9. The molecule has 8 heteroatoms. The quantitative estimate of drug-likeness (QED) is 0.542. The van der Waals surface area contributed by atoms with Crippen molar-refractivity contribution in [2.24, 2.45) is 10.7 Å². The Kier molecular flexibility index (Phi) is 6.44. The zero-order chi connectivity index (χ0) is 25.1. The van der Waals surface area contributed by atoms with Crippen molar-refractivity contribution in [2.75, 3.05) is 6.54 Å². The van der Waals surface area contributed by atoms with E-state index in [1.54, 1.807) is 36.7 Å². The van der Waals surface area contributed by atoms with Crippen molar-refractivity contribution in [3.05, 3.63) is 117 Å². The lowest BCUT2D eigenvalue weighted by Crippen LogP contribution is -2.25. The second kappa shape index (κ2) is 9.98. The molecule has 5 rings (SSSR count). The van der Waals surface area contributed by atoms with Crippen LogP contribution in [-0.2, 0) is 6.42 Å². The molecule has 1 aliphatic carbocycles. The maximum Gasteiger partial charge on any atom is 0.251 e. The highest BCUT2D eigenvalue weighted by Crippen LogP contribution is 2.25. The minimum absolute atomic E-state index is 0.195. The number of hydrogen-bond acceptors (Lipinski definition) is 6. The Bertz CT molecular complexity index is 1590. The molecule has 1 aliphatic heterocycles. The Hall–Kier alpha value is -4.54. The summed E-state index contributed by atoms with van der Waals surface area (Å²) in [6, 6.07) is 11.2. The number of rotatable bonds is 5. The van der Waals surface area contributed by atoms with E-state index in [4.69, 9.17) is 17.3 Å². The van der Waals surface area contributed by atoms with Crippen LogP contribution in [0.15, 0.2) is 94.6 Å². The van der Waals surface area contributed by atoms with Gasteiger partial charge < -0.3 is 11.1 Å². The number of halogens is 1. The summed E-state index contributed by atoms with van der Waals surface area (Å²) in [4.78, 5) is 25.8. The lowest BCUT2D eigenvalue weighted by atomic mass is 10.0. The molecule has 3 heterocycles. The third-order valence-corrected chi connectivity index (χ3v) is 6.15. The Balaban J connectivity index is 1.31. The van der Waals surface area contributed by atoms with E-state index in [-0.39, 0.29) is 5.91 Å². The molecular formula is C28H21ClN6O. The first-order valence-corrected chi connectivity index (χ1v) is 11.7. The average molecular weight is 493 g/mol. The first-order valence-electron chi connectivity index (χ1n) is 11.3. The zero-order valence-corrected chi connectivity index (χ0v) is 20.0. The van der Waals surface area contributed by atoms with E-state index >= 15 is 0 Å². The van der Waals surface area contributed by atoms with Crippen LogP contribution in [0.4, 0.5) is 0 Å². The number of benzene rings is 1. The molecule has 2 aliphatic rings. The van der Waals surface area contributed by atoms with Crippen LogP contribution in [0.1, 0.15) is 33.6 Å². The van der Waals surface area contributed by atoms with Crippen LogP contribution in [0.5, 0.6) is 0 Å². The standard InChI is InChI=1S/C28H21ClN6O/c29-24-12-22-9-19(10-23(14-30)26(22)34-16-24)11-25-13-21(4-6-32-25)28(36)35-15-18-1-2-20-8-17(7-18)3-5-33-27(20)31/h1-7,9-10,12-13,16H,8,11,15H2,(H2,31,33)(H,35,36). The lowest BCUT2D eigenvalue weighted by molar-refractivity contribution is 0.0957. The van der Waals surface area contributed by atoms with Gasteiger partial charge in [-0.05, 0) is 58.7 Å². The molecule has 0 saturated carbocycles. The summed E-state index contributed by atoms with van der Waals surface area (Å²) in [5, 5.41) is 13.8. The molecule has 1 amide bonds. The second-order valence-electron chi connectivity index (χ2n) is 8.54. The number of aromatic nitrogens is 2. The van der Waals surface area contributed by atoms with Crippen molar-refractivity contribution in [2.45, 2.75) is 12.8 Å². The lowest BCUT2D eigenvalue weighted by Gasteiger charge is -2.09. The number of hydrogen-bond donors (Lipinski definition) is 2. The van der Waals surface area contributed by atoms with Crippen molar-refractivity contribution in [3.8, 4) is 6.07 Å². The van der Waals surface area contributed by atoms with Gasteiger partial charge in [0.05, 0.1) is 16.1 Å². The third kappa shape index (κ3) is 5.09. The second-order valence-corrected chi connectivity index (χ2v) is 8.97. The number of nitrogens with zero attached hydrogens (tertiary/aromatic N) is 4. The summed E-state index contributed by atoms with van der Waals surface area (Å²) in [6.07, 6.45) is 13.9. The van der Waals surface area contributed by atoms with Crippen LogP contribution in [0, 0.1) is 11.3 Å². The number of amides is 1. The maximum absolute atomic E-state index is 12.9. The molecule has 0 saturated heterocycles. The molecule has 0 radical (unpaired) electrons. The van der Waals surface area contributed by atoms with E-state index in [1.165, 1.54) is 6.20 Å². The van der Waals surface area contributed by atoms with E-state index in [1.807, 2.05) is 30.4 Å². The minimum Gasteiger partial charge on any atom is -0.383 e. The Morgan fingerprint density at radius 3 is 2.94 bits per heavy atom. The average Bonchev–Trinajstić information content (AvgIpc) is 3.19. The fourth-order valence-corrected chi connectivity index (χ4v) is 4.36. The molecule has 3 N–H and O–H groups in total. The van der Waals surface area contributed by atoms with Crippen LogP contribution in [0.25, 0.3) is 10.9 Å². The monoisotopic (exact) mass is 492 g/mol. The molecule has 0 fully saturated rings. The summed E-state index contributed by atoms with van der Waals surface area (Å²) in [6.45, 7) is 0.374. The number of nitrogens with one attached hydrogen (secondary N) is 1. The SMILES string of the molecule is N#Cc1cc(Cc2cc(C(=O)NCC3=CC4=CC=NC(N)=C(C=C3)C4)ccn2)cc2cc(Cl)cnc12. The highest BCUT2D eigenvalue weighted by Gasteiger charge is 2.13. The summed E-state index contributed by atoms with van der Waals surface area (Å²) in [5.74, 6) is 0.312. The van der Waals surface area contributed by atoms with Gasteiger partial charge in [0.2, 0.25) is 0 Å². The van der Waals surface area contributed by atoms with Crippen LogP contribution in [0.2, 0.25) is 5.02 Å². The number of nitrogens with two attached hydrogens (primary N) is 1. The normalized spacial score (nSPS) is 14.6. The van der Waals surface area contributed by atoms with E-state index in [9.17, 15) is 10.1 Å². The van der Waals surface area contributed by atoms with Gasteiger partial charge in [-0.15, -0.1) is 0 Å². The predicted octanol–water partition coefficient (Wildman–Crippen LogP) is 4.54. The third-order valence-electron chi connectivity index (χ3n) is 5.94. The van der Waals surface area contributed by atoms with Crippen molar-refractivity contribution in [1.29, 1.82) is 5.26 Å². The van der Waals surface area contributed by atoms with Gasteiger partial charge >= 0.3 is 0 Å². The van der Waals surface area contributed by atoms with Crippen LogP contribution < -0.4 is 11.1 Å². The predicted molar refractivity (Wildman–Crippen MR) is 140 cm³/mol. The van der Waals surface area contributed by atoms with Crippen molar-refractivity contribution in [1.82, 2.24) is 15.3 Å². The Labute approximate surface area is 213 Å². The zero-order valence-electron chi connectivity index (χ0n) is 19.2. The molecule has 1 aromatic carbocycles. The number of pyridine rings is 2. The van der Waals surface area contributed by atoms with Gasteiger partial charge in [0, 0.05) is 54.6 Å². The Morgan fingerprint density at radius 2 is 2.08 bits per heavy atom. The summed E-state index contributed by atoms with van der Waals surface area (Å²) in [5.41, 5.74) is 12.2. The van der Waals surface area contributed by atoms with Gasteiger partial charge in [-0.1, -0.05) is 29.8 Å². The number of carbonyl (C=O) groups excluding carboxylic acids is 1. The van der Waals surface area contributed by atoms with E-state index < -0.39 is 0 Å². The topological polar surface area (TPSA) is 117 Å². The van der Waals surface area contributed by atoms with Crippen molar-refractivity contribution < 1.29 is 4.79 Å². The molecule has 3 aromatic rings. The molecular weight excluding hydrogens is 472 g/mol. The molecule has 0 atom stereocenters. The Morgan fingerprint density at radius 1 is 1.19 bits per heavy atom. The summed E-state index contributed by atoms with van der Waals surface area (Å²) < 4.78 is 0. The molecule has 2 bridgehead atoms. The number of allylic oxidation sites excluding steroid dienone is 5. The molecule has 36 heavy (non-hydrogen) atoms. The molecule has 0 unspecified atom stereocenters. The van der Waals surface area contributed by atoms with Gasteiger partial charge in [-0.25, -0.2) is 4.99 Å². The van der Waals surface area contributed by atoms with Crippen molar-refractivity contribution >= 4 is 34.6 Å². The van der Waals surface area contributed by atoms with Gasteiger partial charge in [0.15, 0.2) is 0 Å². The fraction of sp³-hybridized carbons (Fsp3) is 0.107.